The van der Waals surface area contributed by atoms with Crippen LogP contribution >= 0.6 is 10.7 Å². The van der Waals surface area contributed by atoms with Gasteiger partial charge in [0.25, 0.3) is 0 Å². The van der Waals surface area contributed by atoms with Crippen molar-refractivity contribution in [1.29, 1.82) is 0 Å². The first kappa shape index (κ1) is 13.6. The molecule has 0 fully saturated rings. The van der Waals surface area contributed by atoms with E-state index >= 15 is 0 Å². The van der Waals surface area contributed by atoms with Gasteiger partial charge in [-0.1, -0.05) is 0 Å². The number of phenols is 2. The van der Waals surface area contributed by atoms with Crippen LogP contribution in [-0.2, 0) is 19.5 Å². The second kappa shape index (κ2) is 4.80. The van der Waals surface area contributed by atoms with E-state index in [1.165, 1.54) is 0 Å². The molecule has 1 rings (SSSR count). The lowest BCUT2D eigenvalue weighted by molar-refractivity contribution is 0.0597. The molecule has 0 saturated heterocycles. The van der Waals surface area contributed by atoms with Gasteiger partial charge in [0.15, 0.2) is 0 Å². The monoisotopic (exact) mass is 280 g/mol. The summed E-state index contributed by atoms with van der Waals surface area (Å²) in [5, 5.41) is 18.8. The Balaban J connectivity index is 3.29. The molecule has 0 saturated carbocycles. The SMILES string of the molecule is COC(=O)c1cc(CS(=O)(=O)Cl)c(O)cc1O. The molecule has 1 aromatic rings. The maximum atomic E-state index is 11.2. The van der Waals surface area contributed by atoms with E-state index < -0.39 is 32.3 Å². The van der Waals surface area contributed by atoms with Gasteiger partial charge in [-0.05, 0) is 6.07 Å². The van der Waals surface area contributed by atoms with Gasteiger partial charge in [-0.2, -0.15) is 0 Å². The molecule has 0 aliphatic rings. The number of methoxy groups -OCH3 is 1. The summed E-state index contributed by atoms with van der Waals surface area (Å²) < 4.78 is 26.1. The van der Waals surface area contributed by atoms with Crippen molar-refractivity contribution in [2.24, 2.45) is 0 Å². The number of ether oxygens (including phenoxy) is 1. The van der Waals surface area contributed by atoms with Gasteiger partial charge in [-0.25, -0.2) is 13.2 Å². The normalized spacial score (nSPS) is 11.2. The van der Waals surface area contributed by atoms with Crippen molar-refractivity contribution in [3.63, 3.8) is 0 Å². The smallest absolute Gasteiger partial charge is 0.341 e. The Kier molecular flexibility index (Phi) is 3.84. The van der Waals surface area contributed by atoms with Crippen LogP contribution in [0.1, 0.15) is 15.9 Å². The number of hydrogen-bond acceptors (Lipinski definition) is 6. The highest BCUT2D eigenvalue weighted by atomic mass is 35.7. The quantitative estimate of drug-likeness (QED) is 0.631. The molecule has 6 nitrogen and oxygen atoms in total. The lowest BCUT2D eigenvalue weighted by atomic mass is 10.1. The Morgan fingerprint density at radius 1 is 1.35 bits per heavy atom. The van der Waals surface area contributed by atoms with Crippen molar-refractivity contribution in [2.45, 2.75) is 5.75 Å². The number of benzene rings is 1. The van der Waals surface area contributed by atoms with Crippen LogP contribution in [0, 0.1) is 0 Å². The molecular formula is C9H9ClO6S. The van der Waals surface area contributed by atoms with Crippen LogP contribution in [0.5, 0.6) is 11.5 Å². The highest BCUT2D eigenvalue weighted by Gasteiger charge is 2.18. The standard InChI is InChI=1S/C9H9ClO6S/c1-16-9(13)6-2-5(4-17(10,14)15)7(11)3-8(6)12/h2-3,11-12H,4H2,1H3. The molecule has 0 unspecified atom stereocenters. The van der Waals surface area contributed by atoms with E-state index in [9.17, 15) is 23.4 Å². The van der Waals surface area contributed by atoms with Gasteiger partial charge >= 0.3 is 5.97 Å². The van der Waals surface area contributed by atoms with Crippen molar-refractivity contribution < 1.29 is 28.2 Å². The zero-order valence-corrected chi connectivity index (χ0v) is 10.2. The summed E-state index contributed by atoms with van der Waals surface area (Å²) in [6.07, 6.45) is 0. The number of phenolic OH excluding ortho intramolecular Hbond substituents is 2. The van der Waals surface area contributed by atoms with Gasteiger partial charge in [-0.3, -0.25) is 0 Å². The zero-order valence-electron chi connectivity index (χ0n) is 8.68. The third-order valence-electron chi connectivity index (χ3n) is 1.93. The Morgan fingerprint density at radius 2 is 1.94 bits per heavy atom. The van der Waals surface area contributed by atoms with Crippen molar-refractivity contribution >= 4 is 25.7 Å². The van der Waals surface area contributed by atoms with Gasteiger partial charge in [-0.15, -0.1) is 0 Å². The summed E-state index contributed by atoms with van der Waals surface area (Å²) in [5.74, 6) is -2.50. The lowest BCUT2D eigenvalue weighted by Gasteiger charge is -2.07. The highest BCUT2D eigenvalue weighted by Crippen LogP contribution is 2.29. The summed E-state index contributed by atoms with van der Waals surface area (Å²) in [7, 11) is 2.25. The number of halogens is 1. The first-order valence-corrected chi connectivity index (χ1v) is 6.78. The summed E-state index contributed by atoms with van der Waals surface area (Å²) in [6.45, 7) is 0. The van der Waals surface area contributed by atoms with Crippen molar-refractivity contribution in [3.8, 4) is 11.5 Å². The minimum absolute atomic E-state index is 0.0989. The van der Waals surface area contributed by atoms with Crippen LogP contribution in [-0.4, -0.2) is 31.7 Å². The third kappa shape index (κ3) is 3.50. The molecule has 94 valence electrons. The van der Waals surface area contributed by atoms with Crippen molar-refractivity contribution in [2.75, 3.05) is 7.11 Å². The molecule has 2 N–H and O–H groups in total. The molecule has 0 amide bonds. The molecule has 0 heterocycles. The van der Waals surface area contributed by atoms with Crippen LogP contribution in [0.25, 0.3) is 0 Å². The fraction of sp³-hybridized carbons (Fsp3) is 0.222. The first-order chi connectivity index (χ1) is 7.74. The fourth-order valence-electron chi connectivity index (χ4n) is 1.20. The van der Waals surface area contributed by atoms with Gasteiger partial charge in [0.2, 0.25) is 9.05 Å². The number of aromatic hydroxyl groups is 2. The number of hydrogen-bond donors (Lipinski definition) is 2. The minimum Gasteiger partial charge on any atom is -0.507 e. The molecule has 8 heteroatoms. The largest absolute Gasteiger partial charge is 0.507 e. The first-order valence-electron chi connectivity index (χ1n) is 4.30. The van der Waals surface area contributed by atoms with E-state index in [-0.39, 0.29) is 11.1 Å². The van der Waals surface area contributed by atoms with Crippen LogP contribution in [0.4, 0.5) is 0 Å². The lowest BCUT2D eigenvalue weighted by Crippen LogP contribution is -2.04. The van der Waals surface area contributed by atoms with Crippen molar-refractivity contribution in [1.82, 2.24) is 0 Å². The van der Waals surface area contributed by atoms with Crippen LogP contribution in [0.15, 0.2) is 12.1 Å². The van der Waals surface area contributed by atoms with Crippen molar-refractivity contribution in [3.05, 3.63) is 23.3 Å². The fourth-order valence-corrected chi connectivity index (χ4v) is 2.15. The third-order valence-corrected chi connectivity index (χ3v) is 2.91. The Labute approximate surface area is 102 Å². The topological polar surface area (TPSA) is 101 Å². The number of carbonyl (C=O) groups is 1. The van der Waals surface area contributed by atoms with Gasteiger partial charge in [0.1, 0.15) is 17.1 Å². The molecule has 0 bridgehead atoms. The molecule has 0 aliphatic carbocycles. The van der Waals surface area contributed by atoms with Crippen LogP contribution in [0.2, 0.25) is 0 Å². The van der Waals surface area contributed by atoms with Gasteiger partial charge < -0.3 is 14.9 Å². The molecule has 1 aromatic carbocycles. The Hall–Kier alpha value is -1.47. The van der Waals surface area contributed by atoms with E-state index in [1.54, 1.807) is 0 Å². The number of rotatable bonds is 3. The van der Waals surface area contributed by atoms with E-state index in [1.807, 2.05) is 0 Å². The second-order valence-electron chi connectivity index (χ2n) is 3.17. The molecule has 0 aliphatic heterocycles. The van der Waals surface area contributed by atoms with Gasteiger partial charge in [0, 0.05) is 22.3 Å². The van der Waals surface area contributed by atoms with E-state index in [0.29, 0.717) is 0 Å². The Bertz CT molecular complexity index is 551. The molecule has 0 spiro atoms. The molecule has 0 aromatic heterocycles. The zero-order chi connectivity index (χ0) is 13.2. The average Bonchev–Trinajstić information content (AvgIpc) is 2.19. The summed E-state index contributed by atoms with van der Waals surface area (Å²) in [4.78, 5) is 11.2. The van der Waals surface area contributed by atoms with Crippen LogP contribution < -0.4 is 0 Å². The van der Waals surface area contributed by atoms with E-state index in [4.69, 9.17) is 10.7 Å². The predicted octanol–water partition coefficient (Wildman–Crippen LogP) is 0.953. The number of carbonyl (C=O) groups excluding carboxylic acids is 1. The Morgan fingerprint density at radius 3 is 2.41 bits per heavy atom. The summed E-state index contributed by atoms with van der Waals surface area (Å²) in [6, 6.07) is 1.86. The summed E-state index contributed by atoms with van der Waals surface area (Å²) >= 11 is 0. The minimum atomic E-state index is -3.88. The maximum Gasteiger partial charge on any atom is 0.341 e. The molecular weight excluding hydrogens is 272 g/mol. The number of esters is 1. The second-order valence-corrected chi connectivity index (χ2v) is 5.95. The highest BCUT2D eigenvalue weighted by molar-refractivity contribution is 8.13. The molecule has 17 heavy (non-hydrogen) atoms. The van der Waals surface area contributed by atoms with E-state index in [2.05, 4.69) is 4.74 Å². The van der Waals surface area contributed by atoms with Gasteiger partial charge in [0.05, 0.1) is 12.9 Å². The van der Waals surface area contributed by atoms with Crippen LogP contribution in [0.3, 0.4) is 0 Å². The van der Waals surface area contributed by atoms with E-state index in [0.717, 1.165) is 19.2 Å². The molecule has 0 radical (unpaired) electrons. The summed E-state index contributed by atoms with van der Waals surface area (Å²) in [5.41, 5.74) is -0.348. The predicted molar refractivity (Wildman–Crippen MR) is 59.6 cm³/mol. The molecule has 0 atom stereocenters. The average molecular weight is 281 g/mol. The maximum absolute atomic E-state index is 11.2.